The molecule has 14 heavy (non-hydrogen) atoms. The van der Waals surface area contributed by atoms with Gasteiger partial charge >= 0.3 is 0 Å². The molecule has 0 radical (unpaired) electrons. The molecule has 6 nitrogen and oxygen atoms in total. The van der Waals surface area contributed by atoms with Gasteiger partial charge in [-0.15, -0.1) is 0 Å². The van der Waals surface area contributed by atoms with E-state index in [1.54, 1.807) is 6.92 Å². The highest BCUT2D eigenvalue weighted by Crippen LogP contribution is 2.11. The maximum absolute atomic E-state index is 9.18. The van der Waals surface area contributed by atoms with Crippen LogP contribution in [0.4, 0.5) is 0 Å². The van der Waals surface area contributed by atoms with Crippen LogP contribution in [0, 0.1) is 0 Å². The minimum absolute atomic E-state index is 0.231. The second-order valence-electron chi connectivity index (χ2n) is 2.95. The minimum Gasteiger partial charge on any atom is -0.391 e. The molecule has 0 spiro atoms. The highest BCUT2D eigenvalue weighted by molar-refractivity contribution is 4.92. The average Bonchev–Trinajstić information content (AvgIpc) is 2.61. The van der Waals surface area contributed by atoms with E-state index in [2.05, 4.69) is 10.1 Å². The molecule has 80 valence electrons. The molecule has 3 N–H and O–H groups in total. The van der Waals surface area contributed by atoms with Gasteiger partial charge in [-0.25, -0.2) is 0 Å². The number of nitrogens with zero attached hydrogens (tertiary/aromatic N) is 2. The Morgan fingerprint density at radius 2 is 2.36 bits per heavy atom. The molecule has 0 bridgehead atoms. The summed E-state index contributed by atoms with van der Waals surface area (Å²) in [6.45, 7) is 4.33. The van der Waals surface area contributed by atoms with Crippen molar-refractivity contribution < 1.29 is 14.4 Å². The second-order valence-corrected chi connectivity index (χ2v) is 2.95. The third-order valence-corrected chi connectivity index (χ3v) is 1.72. The standard InChI is InChI=1S/C8H15N3O3/c1-3-13-4-6-10-8(14-11-6)7(9)5(2)12/h5,7,12H,3-4,9H2,1-2H3. The summed E-state index contributed by atoms with van der Waals surface area (Å²) in [6.07, 6.45) is -0.713. The monoisotopic (exact) mass is 201 g/mol. The fourth-order valence-electron chi connectivity index (χ4n) is 0.861. The molecule has 0 aliphatic rings. The predicted octanol–water partition coefficient (Wildman–Crippen LogP) is -0.0133. The number of aromatic nitrogens is 2. The van der Waals surface area contributed by atoms with Gasteiger partial charge in [0.05, 0.1) is 6.10 Å². The lowest BCUT2D eigenvalue weighted by molar-refractivity contribution is 0.126. The molecule has 0 saturated carbocycles. The van der Waals surface area contributed by atoms with E-state index in [0.717, 1.165) is 0 Å². The third kappa shape index (κ3) is 2.76. The molecule has 0 amide bonds. The molecule has 0 aliphatic carbocycles. The first-order valence-corrected chi connectivity index (χ1v) is 4.49. The van der Waals surface area contributed by atoms with Crippen LogP contribution in [0.5, 0.6) is 0 Å². The molecule has 0 aromatic carbocycles. The number of aliphatic hydroxyl groups excluding tert-OH is 1. The van der Waals surface area contributed by atoms with Crippen LogP contribution in [0.1, 0.15) is 31.6 Å². The molecule has 1 heterocycles. The summed E-state index contributed by atoms with van der Waals surface area (Å²) in [5.41, 5.74) is 5.59. The first kappa shape index (κ1) is 11.1. The number of ether oxygens (including phenoxy) is 1. The molecule has 1 rings (SSSR count). The van der Waals surface area contributed by atoms with Crippen molar-refractivity contribution in [1.82, 2.24) is 10.1 Å². The van der Waals surface area contributed by atoms with E-state index < -0.39 is 12.1 Å². The average molecular weight is 201 g/mol. The zero-order valence-corrected chi connectivity index (χ0v) is 8.30. The highest BCUT2D eigenvalue weighted by atomic mass is 16.5. The van der Waals surface area contributed by atoms with E-state index in [1.165, 1.54) is 0 Å². The van der Waals surface area contributed by atoms with Crippen LogP contribution in [0.3, 0.4) is 0 Å². The van der Waals surface area contributed by atoms with Crippen molar-refractivity contribution in [3.05, 3.63) is 11.7 Å². The van der Waals surface area contributed by atoms with Crippen molar-refractivity contribution in [3.8, 4) is 0 Å². The topological polar surface area (TPSA) is 94.4 Å². The molecule has 2 atom stereocenters. The van der Waals surface area contributed by atoms with E-state index in [0.29, 0.717) is 19.0 Å². The van der Waals surface area contributed by atoms with Gasteiger partial charge in [-0.2, -0.15) is 4.98 Å². The SMILES string of the molecule is CCOCc1noc(C(N)C(C)O)n1. The van der Waals surface area contributed by atoms with Crippen molar-refractivity contribution >= 4 is 0 Å². The molecule has 0 fully saturated rings. The first-order chi connectivity index (χ1) is 6.65. The Kier molecular flexibility index (Phi) is 3.99. The largest absolute Gasteiger partial charge is 0.391 e. The fourth-order valence-corrected chi connectivity index (χ4v) is 0.861. The summed E-state index contributed by atoms with van der Waals surface area (Å²) in [5.74, 6) is 0.674. The smallest absolute Gasteiger partial charge is 0.246 e. The molecule has 0 aliphatic heterocycles. The van der Waals surface area contributed by atoms with E-state index in [9.17, 15) is 5.11 Å². The van der Waals surface area contributed by atoms with Crippen molar-refractivity contribution in [2.24, 2.45) is 5.73 Å². The zero-order valence-electron chi connectivity index (χ0n) is 8.30. The van der Waals surface area contributed by atoms with Gasteiger partial charge in [-0.3, -0.25) is 0 Å². The molecule has 0 saturated heterocycles. The molecule has 6 heteroatoms. The Bertz CT molecular complexity index is 275. The van der Waals surface area contributed by atoms with E-state index in [4.69, 9.17) is 15.0 Å². The van der Waals surface area contributed by atoms with Crippen molar-refractivity contribution in [1.29, 1.82) is 0 Å². The van der Waals surface area contributed by atoms with Crippen LogP contribution in [-0.4, -0.2) is 28.0 Å². The van der Waals surface area contributed by atoms with Gasteiger partial charge in [-0.05, 0) is 13.8 Å². The summed E-state index contributed by atoms with van der Waals surface area (Å²) in [4.78, 5) is 3.98. The number of rotatable bonds is 5. The molecular formula is C8H15N3O3. The lowest BCUT2D eigenvalue weighted by atomic mass is 10.2. The Labute approximate surface area is 82.1 Å². The van der Waals surface area contributed by atoms with Crippen molar-refractivity contribution in [2.75, 3.05) is 6.61 Å². The van der Waals surface area contributed by atoms with Crippen LogP contribution in [0.15, 0.2) is 4.52 Å². The summed E-state index contributed by atoms with van der Waals surface area (Å²) in [6, 6.07) is -0.641. The molecular weight excluding hydrogens is 186 g/mol. The summed E-state index contributed by atoms with van der Waals surface area (Å²) in [5, 5.41) is 12.8. The van der Waals surface area contributed by atoms with Crippen LogP contribution in [0.2, 0.25) is 0 Å². The number of hydrogen-bond donors (Lipinski definition) is 2. The first-order valence-electron chi connectivity index (χ1n) is 4.49. The van der Waals surface area contributed by atoms with Crippen LogP contribution in [-0.2, 0) is 11.3 Å². The van der Waals surface area contributed by atoms with E-state index >= 15 is 0 Å². The quantitative estimate of drug-likeness (QED) is 0.695. The van der Waals surface area contributed by atoms with Gasteiger partial charge in [0.2, 0.25) is 5.89 Å². The van der Waals surface area contributed by atoms with Crippen LogP contribution < -0.4 is 5.73 Å². The van der Waals surface area contributed by atoms with Gasteiger partial charge in [0.1, 0.15) is 12.6 Å². The van der Waals surface area contributed by atoms with Crippen molar-refractivity contribution in [3.63, 3.8) is 0 Å². The number of aliphatic hydroxyl groups is 1. The summed E-state index contributed by atoms with van der Waals surface area (Å²) >= 11 is 0. The predicted molar refractivity (Wildman–Crippen MR) is 48.2 cm³/mol. The highest BCUT2D eigenvalue weighted by Gasteiger charge is 2.19. The zero-order chi connectivity index (χ0) is 10.6. The van der Waals surface area contributed by atoms with E-state index in [1.807, 2.05) is 6.92 Å². The maximum Gasteiger partial charge on any atom is 0.246 e. The Hall–Kier alpha value is -0.980. The fraction of sp³-hybridized carbons (Fsp3) is 0.750. The normalized spacial score (nSPS) is 15.4. The molecule has 1 aromatic heterocycles. The molecule has 2 unspecified atom stereocenters. The van der Waals surface area contributed by atoms with Crippen LogP contribution >= 0.6 is 0 Å². The Balaban J connectivity index is 2.58. The van der Waals surface area contributed by atoms with Gasteiger partial charge in [0.15, 0.2) is 5.82 Å². The lowest BCUT2D eigenvalue weighted by Gasteiger charge is -2.08. The third-order valence-electron chi connectivity index (χ3n) is 1.72. The van der Waals surface area contributed by atoms with E-state index in [-0.39, 0.29) is 5.89 Å². The van der Waals surface area contributed by atoms with Gasteiger partial charge in [-0.1, -0.05) is 5.16 Å². The van der Waals surface area contributed by atoms with Crippen molar-refractivity contribution in [2.45, 2.75) is 32.6 Å². The van der Waals surface area contributed by atoms with Gasteiger partial charge in [0, 0.05) is 6.61 Å². The Morgan fingerprint density at radius 3 is 2.93 bits per heavy atom. The summed E-state index contributed by atoms with van der Waals surface area (Å²) < 4.78 is 9.94. The number of nitrogens with two attached hydrogens (primary N) is 1. The van der Waals surface area contributed by atoms with Gasteiger partial charge in [0.25, 0.3) is 0 Å². The van der Waals surface area contributed by atoms with Gasteiger partial charge < -0.3 is 20.1 Å². The molecule has 1 aromatic rings. The van der Waals surface area contributed by atoms with Crippen LogP contribution in [0.25, 0.3) is 0 Å². The maximum atomic E-state index is 9.18. The minimum atomic E-state index is -0.713. The number of hydrogen-bond acceptors (Lipinski definition) is 6. The lowest BCUT2D eigenvalue weighted by Crippen LogP contribution is -2.23. The Morgan fingerprint density at radius 1 is 1.64 bits per heavy atom. The second kappa shape index (κ2) is 5.04. The summed E-state index contributed by atoms with van der Waals surface area (Å²) in [7, 11) is 0.